The summed E-state index contributed by atoms with van der Waals surface area (Å²) in [5, 5.41) is 0. The molecule has 0 amide bonds. The molecule has 35 heavy (non-hydrogen) atoms. The topological polar surface area (TPSA) is 12.5 Å². The van der Waals surface area contributed by atoms with Crippen molar-refractivity contribution in [3.8, 4) is 5.75 Å². The minimum absolute atomic E-state index is 0.183. The van der Waals surface area contributed by atoms with E-state index in [9.17, 15) is 0 Å². The van der Waals surface area contributed by atoms with E-state index in [4.69, 9.17) is 4.74 Å². The van der Waals surface area contributed by atoms with Gasteiger partial charge in [0.2, 0.25) is 0 Å². The molecule has 2 aromatic rings. The molecular weight excluding hydrogens is 433 g/mol. The van der Waals surface area contributed by atoms with Crippen LogP contribution in [0.25, 0.3) is 0 Å². The van der Waals surface area contributed by atoms with Gasteiger partial charge in [0.15, 0.2) is 0 Å². The van der Waals surface area contributed by atoms with Crippen molar-refractivity contribution < 1.29 is 9.13 Å². The number of aryl methyl sites for hydroxylation is 2. The van der Waals surface area contributed by atoms with Gasteiger partial charge < -0.3 is 4.74 Å². The van der Waals surface area contributed by atoms with Crippen LogP contribution < -0.4 is 4.74 Å². The minimum Gasteiger partial charge on any atom is -0.492 e. The van der Waals surface area contributed by atoms with Gasteiger partial charge in [0.1, 0.15) is 18.5 Å². The second-order valence-corrected chi connectivity index (χ2v) is 12.2. The highest BCUT2D eigenvalue weighted by atomic mass is 19.1. The maximum absolute atomic E-state index is 15.4. The molecule has 2 nitrogen and oxygen atoms in total. The Kier molecular flexibility index (Phi) is 6.41. The summed E-state index contributed by atoms with van der Waals surface area (Å²) in [7, 11) is 0. The van der Waals surface area contributed by atoms with Gasteiger partial charge in [-0.05, 0) is 117 Å². The Morgan fingerprint density at radius 2 is 1.80 bits per heavy atom. The predicted molar refractivity (Wildman–Crippen MR) is 141 cm³/mol. The normalized spacial score (nSPS) is 34.7. The maximum Gasteiger partial charge on any atom is 0.119 e. The van der Waals surface area contributed by atoms with E-state index >= 15 is 4.39 Å². The summed E-state index contributed by atoms with van der Waals surface area (Å²) in [4.78, 5) is 2.52. The standard InChI is InChI=1S/C32H42FNO/c1-22-6-12-26-24(20-22)9-13-27-29-14-15-30(33)32(29,2)21-28(31(26)27)23-7-10-25(11-8-23)35-19-18-34-16-4-3-5-17-34/h6-8,10-12,20,27-31H,3-5,9,13-19,21H2,1-2H3/t27?,28-,29?,30-,31?,32+/m1/s1. The Morgan fingerprint density at radius 3 is 2.60 bits per heavy atom. The fraction of sp³-hybridized carbons (Fsp3) is 0.625. The van der Waals surface area contributed by atoms with E-state index in [1.807, 2.05) is 0 Å². The number of nitrogens with zero attached hydrogens (tertiary/aromatic N) is 1. The highest BCUT2D eigenvalue weighted by Gasteiger charge is 2.58. The SMILES string of the molecule is Cc1ccc2c(c1)CCC1C2[C@@H](c2ccc(OCCN3CCCCC3)cc2)C[C@@]2(C)C1CC[C@H]2F. The van der Waals surface area contributed by atoms with E-state index in [0.717, 1.165) is 44.6 Å². The Morgan fingerprint density at radius 1 is 1.00 bits per heavy atom. The molecule has 3 aliphatic carbocycles. The number of hydrogen-bond acceptors (Lipinski definition) is 2. The van der Waals surface area contributed by atoms with Crippen LogP contribution >= 0.6 is 0 Å². The Bertz CT molecular complexity index is 1030. The second kappa shape index (κ2) is 9.54. The van der Waals surface area contributed by atoms with Gasteiger partial charge in [-0.25, -0.2) is 4.39 Å². The van der Waals surface area contributed by atoms with Crippen molar-refractivity contribution in [2.24, 2.45) is 17.3 Å². The van der Waals surface area contributed by atoms with Gasteiger partial charge in [-0.15, -0.1) is 0 Å². The second-order valence-electron chi connectivity index (χ2n) is 12.2. The van der Waals surface area contributed by atoms with E-state index in [1.54, 1.807) is 5.56 Å². The van der Waals surface area contributed by atoms with Crippen molar-refractivity contribution in [3.05, 3.63) is 64.7 Å². The number of piperidine rings is 1. The monoisotopic (exact) mass is 475 g/mol. The number of hydrogen-bond donors (Lipinski definition) is 0. The first-order valence-corrected chi connectivity index (χ1v) is 14.2. The van der Waals surface area contributed by atoms with E-state index < -0.39 is 6.17 Å². The van der Waals surface area contributed by atoms with Crippen LogP contribution in [0.4, 0.5) is 4.39 Å². The van der Waals surface area contributed by atoms with Crippen molar-refractivity contribution in [1.29, 1.82) is 0 Å². The lowest BCUT2D eigenvalue weighted by atomic mass is 9.51. The molecule has 0 radical (unpaired) electrons. The first-order chi connectivity index (χ1) is 17.0. The third-order valence-electron chi connectivity index (χ3n) is 10.2. The van der Waals surface area contributed by atoms with E-state index in [0.29, 0.717) is 23.7 Å². The van der Waals surface area contributed by atoms with Crippen molar-refractivity contribution in [2.75, 3.05) is 26.2 Å². The molecule has 6 rings (SSSR count). The molecule has 4 aliphatic rings. The average molecular weight is 476 g/mol. The molecule has 6 atom stereocenters. The summed E-state index contributed by atoms with van der Waals surface area (Å²) in [5.41, 5.74) is 5.62. The molecule has 1 aliphatic heterocycles. The summed E-state index contributed by atoms with van der Waals surface area (Å²) < 4.78 is 21.5. The van der Waals surface area contributed by atoms with Crippen LogP contribution in [-0.2, 0) is 6.42 Å². The highest BCUT2D eigenvalue weighted by molar-refractivity contribution is 5.42. The summed E-state index contributed by atoms with van der Waals surface area (Å²) in [6, 6.07) is 16.0. The molecule has 0 bridgehead atoms. The zero-order valence-electron chi connectivity index (χ0n) is 21.6. The summed E-state index contributed by atoms with van der Waals surface area (Å²) in [6.07, 6.45) is 8.49. The number of likely N-dealkylation sites (tertiary alicyclic amines) is 1. The Balaban J connectivity index is 1.25. The van der Waals surface area contributed by atoms with Gasteiger partial charge in [-0.2, -0.15) is 0 Å². The largest absolute Gasteiger partial charge is 0.492 e. The Hall–Kier alpha value is -1.87. The van der Waals surface area contributed by atoms with E-state index in [1.165, 1.54) is 55.5 Å². The van der Waals surface area contributed by atoms with Crippen LogP contribution in [0.5, 0.6) is 5.75 Å². The van der Waals surface area contributed by atoms with Crippen LogP contribution in [0.3, 0.4) is 0 Å². The molecule has 2 saturated carbocycles. The van der Waals surface area contributed by atoms with Gasteiger partial charge in [0, 0.05) is 12.0 Å². The smallest absolute Gasteiger partial charge is 0.119 e. The molecule has 1 saturated heterocycles. The van der Waals surface area contributed by atoms with Crippen LogP contribution in [0, 0.1) is 24.2 Å². The minimum atomic E-state index is -0.659. The van der Waals surface area contributed by atoms with Crippen molar-refractivity contribution >= 4 is 0 Å². The lowest BCUT2D eigenvalue weighted by Crippen LogP contribution is -2.46. The van der Waals surface area contributed by atoms with Gasteiger partial charge in [0.25, 0.3) is 0 Å². The number of benzene rings is 2. The zero-order chi connectivity index (χ0) is 24.0. The highest BCUT2D eigenvalue weighted by Crippen LogP contribution is 2.65. The summed E-state index contributed by atoms with van der Waals surface area (Å²) in [6.45, 7) is 8.66. The molecule has 2 aromatic carbocycles. The number of alkyl halides is 1. The summed E-state index contributed by atoms with van der Waals surface area (Å²) >= 11 is 0. The molecule has 1 heterocycles. The molecule has 3 fully saturated rings. The van der Waals surface area contributed by atoms with Gasteiger partial charge in [-0.3, -0.25) is 4.90 Å². The fourth-order valence-corrected chi connectivity index (χ4v) is 8.39. The number of fused-ring (bicyclic) bond motifs is 5. The number of halogens is 1. The lowest BCUT2D eigenvalue weighted by molar-refractivity contribution is 0.00140. The van der Waals surface area contributed by atoms with Crippen LogP contribution in [-0.4, -0.2) is 37.3 Å². The van der Waals surface area contributed by atoms with Crippen LogP contribution in [0.15, 0.2) is 42.5 Å². The fourth-order valence-electron chi connectivity index (χ4n) is 8.39. The van der Waals surface area contributed by atoms with Crippen LogP contribution in [0.1, 0.15) is 86.0 Å². The third kappa shape index (κ3) is 4.32. The summed E-state index contributed by atoms with van der Waals surface area (Å²) in [5.74, 6) is 2.96. The molecule has 0 spiro atoms. The third-order valence-corrected chi connectivity index (χ3v) is 10.2. The molecule has 3 unspecified atom stereocenters. The van der Waals surface area contributed by atoms with Gasteiger partial charge >= 0.3 is 0 Å². The Labute approximate surface area is 211 Å². The van der Waals surface area contributed by atoms with Crippen molar-refractivity contribution in [3.63, 3.8) is 0 Å². The van der Waals surface area contributed by atoms with Crippen LogP contribution in [0.2, 0.25) is 0 Å². The van der Waals surface area contributed by atoms with Crippen molar-refractivity contribution in [1.82, 2.24) is 4.90 Å². The van der Waals surface area contributed by atoms with E-state index in [2.05, 4.69) is 61.2 Å². The van der Waals surface area contributed by atoms with Crippen molar-refractivity contribution in [2.45, 2.75) is 83.2 Å². The van der Waals surface area contributed by atoms with Gasteiger partial charge in [-0.1, -0.05) is 49.2 Å². The molecule has 0 aromatic heterocycles. The van der Waals surface area contributed by atoms with Gasteiger partial charge in [0.05, 0.1) is 0 Å². The molecular formula is C32H42FNO. The first-order valence-electron chi connectivity index (χ1n) is 14.2. The zero-order valence-corrected chi connectivity index (χ0v) is 21.6. The predicted octanol–water partition coefficient (Wildman–Crippen LogP) is 7.45. The molecule has 3 heteroatoms. The first kappa shape index (κ1) is 23.5. The molecule has 0 N–H and O–H groups in total. The average Bonchev–Trinajstić information content (AvgIpc) is 3.18. The maximum atomic E-state index is 15.4. The quantitative estimate of drug-likeness (QED) is 0.445. The van der Waals surface area contributed by atoms with E-state index in [-0.39, 0.29) is 5.41 Å². The number of ether oxygens (including phenoxy) is 1. The molecule has 188 valence electrons. The number of rotatable bonds is 5. The lowest BCUT2D eigenvalue weighted by Gasteiger charge is -2.53.